The van der Waals surface area contributed by atoms with Crippen LogP contribution in [0.15, 0.2) is 12.3 Å². The number of nitrogens with zero attached hydrogens (tertiary/aromatic N) is 5. The van der Waals surface area contributed by atoms with Crippen molar-refractivity contribution in [2.24, 2.45) is 0 Å². The second-order valence-electron chi connectivity index (χ2n) is 5.90. The van der Waals surface area contributed by atoms with Gasteiger partial charge in [-0.1, -0.05) is 22.9 Å². The van der Waals surface area contributed by atoms with Crippen LogP contribution in [-0.2, 0) is 4.74 Å². The van der Waals surface area contributed by atoms with Crippen LogP contribution in [0.3, 0.4) is 0 Å². The number of nitrogens with one attached hydrogen (secondary N) is 1. The molecule has 0 aliphatic carbocycles. The summed E-state index contributed by atoms with van der Waals surface area (Å²) in [5.74, 6) is 3.19. The van der Waals surface area contributed by atoms with Crippen molar-refractivity contribution in [1.29, 1.82) is 0 Å². The van der Waals surface area contributed by atoms with Gasteiger partial charge in [0.15, 0.2) is 5.13 Å². The Labute approximate surface area is 167 Å². The van der Waals surface area contributed by atoms with E-state index in [4.69, 9.17) is 16.3 Å². The van der Waals surface area contributed by atoms with E-state index in [1.54, 1.807) is 18.0 Å². The molecular formula is C16H23ClN6OS2. The van der Waals surface area contributed by atoms with Gasteiger partial charge in [-0.05, 0) is 13.2 Å². The highest BCUT2D eigenvalue weighted by molar-refractivity contribution is 7.98. The summed E-state index contributed by atoms with van der Waals surface area (Å²) in [6, 6.07) is 1.97. The quantitative estimate of drug-likeness (QED) is 0.522. The van der Waals surface area contributed by atoms with E-state index in [2.05, 4.69) is 36.3 Å². The summed E-state index contributed by atoms with van der Waals surface area (Å²) >= 11 is 9.04. The van der Waals surface area contributed by atoms with Gasteiger partial charge in [-0.2, -0.15) is 0 Å². The molecule has 1 fully saturated rings. The Balaban J connectivity index is 1.56. The van der Waals surface area contributed by atoms with Crippen molar-refractivity contribution in [3.8, 4) is 0 Å². The maximum Gasteiger partial charge on any atom is 0.189 e. The molecule has 26 heavy (non-hydrogen) atoms. The highest BCUT2D eigenvalue weighted by atomic mass is 35.5. The third-order valence-corrected chi connectivity index (χ3v) is 5.42. The standard InChI is InChI=1S/C16H23ClN6OS2/c1-12-19-14(21-16-18-10-13(17)26-16)9-15(20-12)23-5-3-22(4-6-23)7-8-24-11-25-2/h9-10H,3-8,11H2,1-2H3,(H,18,19,20,21). The van der Waals surface area contributed by atoms with Crippen LogP contribution in [0.1, 0.15) is 5.82 Å². The molecule has 0 atom stereocenters. The molecular weight excluding hydrogens is 392 g/mol. The predicted octanol–water partition coefficient (Wildman–Crippen LogP) is 3.10. The van der Waals surface area contributed by atoms with E-state index in [0.717, 1.165) is 67.9 Å². The van der Waals surface area contributed by atoms with Gasteiger partial charge in [-0.15, -0.1) is 11.8 Å². The predicted molar refractivity (Wildman–Crippen MR) is 110 cm³/mol. The minimum atomic E-state index is 0.649. The Morgan fingerprint density at radius 2 is 2.12 bits per heavy atom. The van der Waals surface area contributed by atoms with Crippen LogP contribution < -0.4 is 10.2 Å². The first-order chi connectivity index (χ1) is 12.6. The molecule has 3 heterocycles. The second-order valence-corrected chi connectivity index (χ2v) is 8.37. The maximum absolute atomic E-state index is 5.94. The van der Waals surface area contributed by atoms with E-state index in [1.165, 1.54) is 11.3 Å². The number of aromatic nitrogens is 3. The average Bonchev–Trinajstić information content (AvgIpc) is 3.03. The van der Waals surface area contributed by atoms with Gasteiger partial charge in [0.05, 0.1) is 18.7 Å². The molecule has 142 valence electrons. The zero-order valence-corrected chi connectivity index (χ0v) is 17.3. The molecule has 7 nitrogen and oxygen atoms in total. The Bertz CT molecular complexity index is 708. The smallest absolute Gasteiger partial charge is 0.189 e. The largest absolute Gasteiger partial charge is 0.370 e. The minimum absolute atomic E-state index is 0.649. The van der Waals surface area contributed by atoms with Crippen LogP contribution in [0, 0.1) is 6.92 Å². The monoisotopic (exact) mass is 414 g/mol. The molecule has 1 aliphatic heterocycles. The van der Waals surface area contributed by atoms with Crippen LogP contribution in [0.4, 0.5) is 16.8 Å². The first-order valence-electron chi connectivity index (χ1n) is 8.42. The second kappa shape index (κ2) is 9.70. The van der Waals surface area contributed by atoms with Crippen molar-refractivity contribution in [2.45, 2.75) is 6.92 Å². The number of rotatable bonds is 8. The summed E-state index contributed by atoms with van der Waals surface area (Å²) < 4.78 is 6.20. The van der Waals surface area contributed by atoms with E-state index in [1.807, 2.05) is 13.0 Å². The number of halogens is 1. The van der Waals surface area contributed by atoms with Crippen LogP contribution >= 0.6 is 34.7 Å². The lowest BCUT2D eigenvalue weighted by Crippen LogP contribution is -2.47. The van der Waals surface area contributed by atoms with Crippen LogP contribution in [0.25, 0.3) is 0 Å². The van der Waals surface area contributed by atoms with Crippen molar-refractivity contribution < 1.29 is 4.74 Å². The molecule has 0 saturated carbocycles. The zero-order chi connectivity index (χ0) is 18.4. The first kappa shape index (κ1) is 19.6. The SMILES string of the molecule is CSCOCCN1CCN(c2cc(Nc3ncc(Cl)s3)nc(C)n2)CC1. The first-order valence-corrected chi connectivity index (χ1v) is 11.0. The van der Waals surface area contributed by atoms with E-state index >= 15 is 0 Å². The minimum Gasteiger partial charge on any atom is -0.370 e. The molecule has 3 rings (SSSR count). The molecule has 1 N–H and O–H groups in total. The third kappa shape index (κ3) is 5.68. The van der Waals surface area contributed by atoms with Crippen molar-refractivity contribution in [3.63, 3.8) is 0 Å². The molecule has 2 aromatic heterocycles. The molecule has 1 saturated heterocycles. The van der Waals surface area contributed by atoms with Gasteiger partial charge in [0, 0.05) is 38.8 Å². The lowest BCUT2D eigenvalue weighted by atomic mass is 10.3. The lowest BCUT2D eigenvalue weighted by Gasteiger charge is -2.35. The number of anilines is 3. The highest BCUT2D eigenvalue weighted by Gasteiger charge is 2.19. The van der Waals surface area contributed by atoms with Crippen LogP contribution in [-0.4, -0.2) is 71.4 Å². The van der Waals surface area contributed by atoms with Gasteiger partial charge in [0.2, 0.25) is 0 Å². The van der Waals surface area contributed by atoms with E-state index < -0.39 is 0 Å². The molecule has 10 heteroatoms. The normalized spacial score (nSPS) is 15.4. The fraction of sp³-hybridized carbons (Fsp3) is 0.562. The summed E-state index contributed by atoms with van der Waals surface area (Å²) in [6.45, 7) is 7.59. The van der Waals surface area contributed by atoms with Gasteiger partial charge in [-0.3, -0.25) is 4.90 Å². The fourth-order valence-electron chi connectivity index (χ4n) is 2.74. The van der Waals surface area contributed by atoms with Gasteiger partial charge in [0.25, 0.3) is 0 Å². The molecule has 0 unspecified atom stereocenters. The molecule has 0 radical (unpaired) electrons. The third-order valence-electron chi connectivity index (χ3n) is 3.99. The van der Waals surface area contributed by atoms with Crippen molar-refractivity contribution >= 4 is 51.5 Å². The number of thiazole rings is 1. The fourth-order valence-corrected chi connectivity index (χ4v) is 3.84. The highest BCUT2D eigenvalue weighted by Crippen LogP contribution is 2.26. The summed E-state index contributed by atoms with van der Waals surface area (Å²) in [7, 11) is 0. The lowest BCUT2D eigenvalue weighted by molar-refractivity contribution is 0.134. The Hall–Kier alpha value is -1.13. The Morgan fingerprint density at radius 1 is 1.31 bits per heavy atom. The van der Waals surface area contributed by atoms with Gasteiger partial charge in [-0.25, -0.2) is 15.0 Å². The van der Waals surface area contributed by atoms with Gasteiger partial charge < -0.3 is 15.0 Å². The molecule has 1 aliphatic rings. The van der Waals surface area contributed by atoms with Crippen molar-refractivity contribution in [2.75, 3.05) is 61.7 Å². The molecule has 0 aromatic carbocycles. The van der Waals surface area contributed by atoms with Gasteiger partial charge >= 0.3 is 0 Å². The topological polar surface area (TPSA) is 66.4 Å². The Kier molecular flexibility index (Phi) is 7.32. The summed E-state index contributed by atoms with van der Waals surface area (Å²) in [5, 5.41) is 3.94. The number of aryl methyl sites for hydroxylation is 1. The number of hydrogen-bond donors (Lipinski definition) is 1. The number of piperazine rings is 1. The van der Waals surface area contributed by atoms with Crippen molar-refractivity contribution in [3.05, 3.63) is 22.4 Å². The molecule has 2 aromatic rings. The number of hydrogen-bond acceptors (Lipinski definition) is 9. The molecule has 0 spiro atoms. The molecule has 0 bridgehead atoms. The van der Waals surface area contributed by atoms with E-state index in [0.29, 0.717) is 4.34 Å². The summed E-state index contributed by atoms with van der Waals surface area (Å²) in [6.07, 6.45) is 3.68. The van der Waals surface area contributed by atoms with Gasteiger partial charge in [0.1, 0.15) is 21.8 Å². The summed E-state index contributed by atoms with van der Waals surface area (Å²) in [5.41, 5.74) is 0. The summed E-state index contributed by atoms with van der Waals surface area (Å²) in [4.78, 5) is 18.0. The van der Waals surface area contributed by atoms with E-state index in [-0.39, 0.29) is 0 Å². The Morgan fingerprint density at radius 3 is 2.81 bits per heavy atom. The van der Waals surface area contributed by atoms with E-state index in [9.17, 15) is 0 Å². The van der Waals surface area contributed by atoms with Crippen LogP contribution in [0.2, 0.25) is 4.34 Å². The maximum atomic E-state index is 5.94. The van der Waals surface area contributed by atoms with Crippen molar-refractivity contribution in [1.82, 2.24) is 19.9 Å². The van der Waals surface area contributed by atoms with Crippen LogP contribution in [0.5, 0.6) is 0 Å². The number of ether oxygens (including phenoxy) is 1. The zero-order valence-electron chi connectivity index (χ0n) is 14.9. The average molecular weight is 415 g/mol. The number of thioether (sulfide) groups is 1. The molecule has 0 amide bonds.